The monoisotopic (exact) mass is 178 g/mol. The lowest BCUT2D eigenvalue weighted by molar-refractivity contribution is -0.132. The molecule has 1 N–H and O–H groups in total. The molecule has 0 aromatic rings. The van der Waals surface area contributed by atoms with Crippen LogP contribution in [0.5, 0.6) is 0 Å². The first-order valence-corrected chi connectivity index (χ1v) is 4.73. The number of carboxylic acid groups (broad SMARTS) is 1. The van der Waals surface area contributed by atoms with Gasteiger partial charge in [0.25, 0.3) is 0 Å². The zero-order chi connectivity index (χ0) is 9.47. The maximum absolute atomic E-state index is 10.7. The van der Waals surface area contributed by atoms with Gasteiger partial charge in [-0.3, -0.25) is 0 Å². The molecule has 1 saturated carbocycles. The van der Waals surface area contributed by atoms with Crippen molar-refractivity contribution in [2.24, 2.45) is 11.3 Å². The Bertz CT molecular complexity index is 301. The number of carboxylic acids is 1. The second-order valence-corrected chi connectivity index (χ2v) is 4.23. The molecule has 2 aliphatic rings. The lowest BCUT2D eigenvalue weighted by Gasteiger charge is -2.18. The summed E-state index contributed by atoms with van der Waals surface area (Å²) < 4.78 is 0. The van der Waals surface area contributed by atoms with E-state index in [-0.39, 0.29) is 5.41 Å². The molecule has 0 radical (unpaired) electrons. The maximum atomic E-state index is 10.7. The van der Waals surface area contributed by atoms with Crippen LogP contribution < -0.4 is 0 Å². The third kappa shape index (κ3) is 1.41. The molecule has 0 heterocycles. The van der Waals surface area contributed by atoms with Crippen molar-refractivity contribution in [3.05, 3.63) is 23.8 Å². The predicted molar refractivity (Wildman–Crippen MR) is 50.3 cm³/mol. The molecular formula is C11H14O2. The van der Waals surface area contributed by atoms with Gasteiger partial charge in [-0.05, 0) is 32.1 Å². The van der Waals surface area contributed by atoms with Crippen molar-refractivity contribution in [1.82, 2.24) is 0 Å². The van der Waals surface area contributed by atoms with Crippen molar-refractivity contribution in [2.45, 2.75) is 26.2 Å². The van der Waals surface area contributed by atoms with Crippen LogP contribution in [0.15, 0.2) is 23.8 Å². The highest BCUT2D eigenvalue weighted by molar-refractivity contribution is 5.86. The first-order chi connectivity index (χ1) is 6.11. The van der Waals surface area contributed by atoms with Gasteiger partial charge in [-0.15, -0.1) is 0 Å². The average Bonchev–Trinajstić information content (AvgIpc) is 2.62. The summed E-state index contributed by atoms with van der Waals surface area (Å²) >= 11 is 0. The van der Waals surface area contributed by atoms with Crippen molar-refractivity contribution in [1.29, 1.82) is 0 Å². The molecule has 2 atom stereocenters. The number of carbonyl (C=O) groups is 1. The summed E-state index contributed by atoms with van der Waals surface area (Å²) in [6.07, 6.45) is 9.82. The van der Waals surface area contributed by atoms with Crippen LogP contribution >= 0.6 is 0 Å². The fourth-order valence-corrected chi connectivity index (χ4v) is 2.46. The van der Waals surface area contributed by atoms with Crippen LogP contribution in [0.2, 0.25) is 0 Å². The molecule has 13 heavy (non-hydrogen) atoms. The molecule has 1 fully saturated rings. The highest BCUT2D eigenvalue weighted by Gasteiger charge is 2.39. The number of rotatable bonds is 2. The summed E-state index contributed by atoms with van der Waals surface area (Å²) in [5.74, 6) is -0.0871. The topological polar surface area (TPSA) is 37.3 Å². The number of hydrogen-bond donors (Lipinski definition) is 1. The summed E-state index contributed by atoms with van der Waals surface area (Å²) in [6, 6.07) is 0. The summed E-state index contributed by atoms with van der Waals surface area (Å²) in [4.78, 5) is 10.7. The van der Waals surface area contributed by atoms with E-state index >= 15 is 0 Å². The highest BCUT2D eigenvalue weighted by atomic mass is 16.4. The van der Waals surface area contributed by atoms with E-state index in [0.717, 1.165) is 12.8 Å². The summed E-state index contributed by atoms with van der Waals surface area (Å²) in [5.41, 5.74) is 0.569. The smallest absolute Gasteiger partial charge is 0.330 e. The Morgan fingerprint density at radius 1 is 1.69 bits per heavy atom. The first kappa shape index (κ1) is 8.54. The van der Waals surface area contributed by atoms with Gasteiger partial charge in [0.2, 0.25) is 0 Å². The van der Waals surface area contributed by atoms with Crippen LogP contribution in [0.1, 0.15) is 26.2 Å². The SMILES string of the molecule is C/C(=C\C12C=CC(CC1)C2)C(=O)O. The van der Waals surface area contributed by atoms with E-state index < -0.39 is 5.97 Å². The molecular weight excluding hydrogens is 164 g/mol. The Balaban J connectivity index is 2.22. The van der Waals surface area contributed by atoms with E-state index in [1.54, 1.807) is 6.92 Å². The molecule has 0 aromatic heterocycles. The van der Waals surface area contributed by atoms with Gasteiger partial charge < -0.3 is 5.11 Å². The molecule has 0 amide bonds. The Morgan fingerprint density at radius 2 is 2.46 bits per heavy atom. The van der Waals surface area contributed by atoms with Gasteiger partial charge in [0.05, 0.1) is 0 Å². The zero-order valence-corrected chi connectivity index (χ0v) is 7.79. The van der Waals surface area contributed by atoms with Gasteiger partial charge in [-0.25, -0.2) is 4.79 Å². The zero-order valence-electron chi connectivity index (χ0n) is 7.79. The van der Waals surface area contributed by atoms with E-state index in [9.17, 15) is 4.79 Å². The molecule has 2 unspecified atom stereocenters. The number of fused-ring (bicyclic) bond motifs is 2. The van der Waals surface area contributed by atoms with Crippen LogP contribution in [-0.2, 0) is 4.79 Å². The molecule has 0 aliphatic heterocycles. The van der Waals surface area contributed by atoms with Gasteiger partial charge in [-0.1, -0.05) is 18.2 Å². The molecule has 0 spiro atoms. The molecule has 2 nitrogen and oxygen atoms in total. The standard InChI is InChI=1S/C11H14O2/c1-8(10(12)13)6-11-4-2-9(7-11)3-5-11/h2,4,6,9H,3,5,7H2,1H3,(H,12,13)/b8-6+. The summed E-state index contributed by atoms with van der Waals surface area (Å²) in [7, 11) is 0. The minimum Gasteiger partial charge on any atom is -0.478 e. The number of allylic oxidation sites excluding steroid dienone is 3. The third-order valence-corrected chi connectivity index (χ3v) is 3.16. The second kappa shape index (κ2) is 2.72. The van der Waals surface area contributed by atoms with Crippen LogP contribution in [0.25, 0.3) is 0 Å². The van der Waals surface area contributed by atoms with Gasteiger partial charge in [0.15, 0.2) is 0 Å². The first-order valence-electron chi connectivity index (χ1n) is 4.73. The largest absolute Gasteiger partial charge is 0.478 e. The Kier molecular flexibility index (Phi) is 1.79. The van der Waals surface area contributed by atoms with E-state index in [1.165, 1.54) is 6.42 Å². The van der Waals surface area contributed by atoms with Crippen LogP contribution in [0.3, 0.4) is 0 Å². The average molecular weight is 178 g/mol. The quantitative estimate of drug-likeness (QED) is 0.520. The van der Waals surface area contributed by atoms with Gasteiger partial charge >= 0.3 is 5.97 Å². The fourth-order valence-electron chi connectivity index (χ4n) is 2.46. The van der Waals surface area contributed by atoms with E-state index in [4.69, 9.17) is 5.11 Å². The fraction of sp³-hybridized carbons (Fsp3) is 0.545. The van der Waals surface area contributed by atoms with E-state index in [0.29, 0.717) is 11.5 Å². The van der Waals surface area contributed by atoms with Crippen molar-refractivity contribution < 1.29 is 9.90 Å². The van der Waals surface area contributed by atoms with E-state index in [1.807, 2.05) is 6.08 Å². The van der Waals surface area contributed by atoms with Crippen LogP contribution in [0, 0.1) is 11.3 Å². The van der Waals surface area contributed by atoms with Gasteiger partial charge in [-0.2, -0.15) is 0 Å². The molecule has 2 heteroatoms. The van der Waals surface area contributed by atoms with Crippen molar-refractivity contribution in [3.63, 3.8) is 0 Å². The minimum atomic E-state index is -0.793. The maximum Gasteiger partial charge on any atom is 0.330 e. The molecule has 2 bridgehead atoms. The Hall–Kier alpha value is -1.05. The molecule has 70 valence electrons. The lowest BCUT2D eigenvalue weighted by atomic mass is 9.86. The second-order valence-electron chi connectivity index (χ2n) is 4.23. The van der Waals surface area contributed by atoms with Crippen molar-refractivity contribution in [2.75, 3.05) is 0 Å². The number of hydrogen-bond acceptors (Lipinski definition) is 1. The number of aliphatic carboxylic acids is 1. The Morgan fingerprint density at radius 3 is 2.85 bits per heavy atom. The molecule has 2 aliphatic carbocycles. The van der Waals surface area contributed by atoms with E-state index in [2.05, 4.69) is 12.2 Å². The normalized spacial score (nSPS) is 37.0. The van der Waals surface area contributed by atoms with Gasteiger partial charge in [0.1, 0.15) is 0 Å². The predicted octanol–water partition coefficient (Wildman–Crippen LogP) is 2.37. The molecule has 2 rings (SSSR count). The van der Waals surface area contributed by atoms with Crippen LogP contribution in [-0.4, -0.2) is 11.1 Å². The lowest BCUT2D eigenvalue weighted by Crippen LogP contribution is -2.10. The Labute approximate surface area is 78.0 Å². The molecule has 0 saturated heterocycles. The summed E-state index contributed by atoms with van der Waals surface area (Å²) in [6.45, 7) is 1.68. The molecule has 0 aromatic carbocycles. The highest BCUT2D eigenvalue weighted by Crippen LogP contribution is 2.50. The van der Waals surface area contributed by atoms with Crippen molar-refractivity contribution in [3.8, 4) is 0 Å². The van der Waals surface area contributed by atoms with Gasteiger partial charge in [0, 0.05) is 11.0 Å². The minimum absolute atomic E-state index is 0.0904. The third-order valence-electron chi connectivity index (χ3n) is 3.16. The van der Waals surface area contributed by atoms with Crippen molar-refractivity contribution >= 4 is 5.97 Å². The summed E-state index contributed by atoms with van der Waals surface area (Å²) in [5, 5.41) is 8.77. The van der Waals surface area contributed by atoms with Crippen LogP contribution in [0.4, 0.5) is 0 Å².